The summed E-state index contributed by atoms with van der Waals surface area (Å²) in [6, 6.07) is 17.0. The highest BCUT2D eigenvalue weighted by Crippen LogP contribution is 2.33. The fraction of sp³-hybridized carbons (Fsp3) is 0.179. The Morgan fingerprint density at radius 2 is 1.78 bits per heavy atom. The number of aryl methyl sites for hydroxylation is 1. The lowest BCUT2D eigenvalue weighted by molar-refractivity contribution is -0.385. The maximum Gasteiger partial charge on any atom is 0.339 e. The van der Waals surface area contributed by atoms with E-state index in [0.29, 0.717) is 42.4 Å². The summed E-state index contributed by atoms with van der Waals surface area (Å²) < 4.78 is 30.4. The Labute approximate surface area is 239 Å². The summed E-state index contributed by atoms with van der Waals surface area (Å²) in [5.41, 5.74) is 2.68. The normalized spacial score (nSPS) is 16.2. The first kappa shape index (κ1) is 28.1. The second-order valence-electron chi connectivity index (χ2n) is 9.41. The summed E-state index contributed by atoms with van der Waals surface area (Å²) >= 11 is 0.716. The lowest BCUT2D eigenvalue weighted by atomic mass is 10.00. The van der Waals surface area contributed by atoms with Gasteiger partial charge in [-0.05, 0) is 66.1 Å². The van der Waals surface area contributed by atoms with Crippen LogP contribution in [0, 0.1) is 17.0 Å². The van der Waals surface area contributed by atoms with Crippen molar-refractivity contribution < 1.29 is 31.9 Å². The minimum atomic E-state index is -4.35. The second kappa shape index (κ2) is 11.2. The second-order valence-corrected chi connectivity index (χ2v) is 12.0. The number of amides is 3. The van der Waals surface area contributed by atoms with Gasteiger partial charge >= 0.3 is 10.1 Å². The molecule has 13 heteroatoms. The maximum atomic E-state index is 12.9. The molecule has 11 nitrogen and oxygen atoms in total. The van der Waals surface area contributed by atoms with Gasteiger partial charge in [0.1, 0.15) is 17.2 Å². The molecular weight excluding hydrogens is 570 g/mol. The number of fused-ring (bicyclic) bond motifs is 1. The number of thioether (sulfide) groups is 1. The van der Waals surface area contributed by atoms with E-state index in [-0.39, 0.29) is 33.7 Å². The number of imide groups is 1. The molecule has 0 N–H and O–H groups in total. The molecule has 0 unspecified atom stereocenters. The highest BCUT2D eigenvalue weighted by atomic mass is 32.2. The number of nitro groups is 1. The predicted octanol–water partition coefficient (Wildman–Crippen LogP) is 4.29. The van der Waals surface area contributed by atoms with Gasteiger partial charge in [0, 0.05) is 24.7 Å². The van der Waals surface area contributed by atoms with Crippen LogP contribution < -0.4 is 4.18 Å². The molecule has 3 aromatic rings. The lowest BCUT2D eigenvalue weighted by Crippen LogP contribution is -2.44. The SMILES string of the molecule is Cc1ccc(S(=O)(=O)Oc2ccc(/C=C3\SC(=O)N(CC(=O)N4CCc5ccccc5C4)C3=O)cc2)cc1[N+](=O)[O-]. The minimum absolute atomic E-state index is 0.0489. The van der Waals surface area contributed by atoms with Crippen LogP contribution >= 0.6 is 11.8 Å². The first-order valence-electron chi connectivity index (χ1n) is 12.4. The molecule has 210 valence electrons. The van der Waals surface area contributed by atoms with Crippen molar-refractivity contribution in [3.05, 3.63) is 104 Å². The summed E-state index contributed by atoms with van der Waals surface area (Å²) in [6.07, 6.45) is 2.17. The third-order valence-corrected chi connectivity index (χ3v) is 8.85. The Kier molecular flexibility index (Phi) is 7.65. The van der Waals surface area contributed by atoms with Crippen molar-refractivity contribution >= 4 is 50.7 Å². The smallest absolute Gasteiger partial charge is 0.339 e. The minimum Gasteiger partial charge on any atom is -0.379 e. The number of rotatable bonds is 7. The van der Waals surface area contributed by atoms with Crippen molar-refractivity contribution in [2.24, 2.45) is 0 Å². The van der Waals surface area contributed by atoms with Gasteiger partial charge in [0.2, 0.25) is 5.91 Å². The van der Waals surface area contributed by atoms with Crippen molar-refractivity contribution in [2.75, 3.05) is 13.1 Å². The van der Waals surface area contributed by atoms with Crippen LogP contribution in [-0.4, -0.2) is 53.3 Å². The van der Waals surface area contributed by atoms with Crippen LogP contribution in [0.2, 0.25) is 0 Å². The number of hydrogen-bond acceptors (Lipinski definition) is 9. The van der Waals surface area contributed by atoms with Crippen LogP contribution in [-0.2, 0) is 32.7 Å². The fourth-order valence-electron chi connectivity index (χ4n) is 4.47. The van der Waals surface area contributed by atoms with Gasteiger partial charge in [-0.1, -0.05) is 42.5 Å². The number of nitro benzene ring substituents is 1. The summed E-state index contributed by atoms with van der Waals surface area (Å²) in [6.45, 7) is 2.07. The third-order valence-electron chi connectivity index (χ3n) is 6.70. The molecule has 3 aromatic carbocycles. The maximum absolute atomic E-state index is 12.9. The Morgan fingerprint density at radius 3 is 2.49 bits per heavy atom. The molecule has 0 saturated carbocycles. The van der Waals surface area contributed by atoms with E-state index in [1.165, 1.54) is 55.0 Å². The fourth-order valence-corrected chi connectivity index (χ4v) is 6.26. The van der Waals surface area contributed by atoms with Crippen LogP contribution in [0.25, 0.3) is 6.08 Å². The number of carbonyl (C=O) groups is 3. The Bertz CT molecular complexity index is 1720. The molecule has 2 aliphatic rings. The summed E-state index contributed by atoms with van der Waals surface area (Å²) in [5, 5.41) is 10.6. The lowest BCUT2D eigenvalue weighted by Gasteiger charge is -2.29. The molecule has 0 aliphatic carbocycles. The molecule has 0 atom stereocenters. The standard InChI is InChI=1S/C28H23N3O8S2/c1-18-6-11-23(15-24(18)31(35)36)41(37,38)39-22-9-7-19(8-10-22)14-25-27(33)30(28(34)40-25)17-26(32)29-13-12-20-4-2-3-5-21(20)16-29/h2-11,14-15H,12-13,16-17H2,1H3/b25-14-. The largest absolute Gasteiger partial charge is 0.379 e. The first-order valence-corrected chi connectivity index (χ1v) is 14.6. The molecule has 0 radical (unpaired) electrons. The van der Waals surface area contributed by atoms with Gasteiger partial charge in [-0.15, -0.1) is 0 Å². The van der Waals surface area contributed by atoms with E-state index >= 15 is 0 Å². The van der Waals surface area contributed by atoms with Crippen molar-refractivity contribution in [3.63, 3.8) is 0 Å². The zero-order valence-electron chi connectivity index (χ0n) is 21.7. The van der Waals surface area contributed by atoms with E-state index in [9.17, 15) is 32.9 Å². The highest BCUT2D eigenvalue weighted by molar-refractivity contribution is 8.18. The first-order chi connectivity index (χ1) is 19.5. The van der Waals surface area contributed by atoms with Crippen LogP contribution in [0.4, 0.5) is 10.5 Å². The van der Waals surface area contributed by atoms with Gasteiger partial charge in [0.25, 0.3) is 16.8 Å². The quantitative estimate of drug-likeness (QED) is 0.170. The average Bonchev–Trinajstić information content (AvgIpc) is 3.20. The van der Waals surface area contributed by atoms with Crippen LogP contribution in [0.15, 0.2) is 76.5 Å². The van der Waals surface area contributed by atoms with Crippen LogP contribution in [0.1, 0.15) is 22.3 Å². The zero-order chi connectivity index (χ0) is 29.3. The number of carbonyl (C=O) groups excluding carboxylic acids is 3. The Hall–Kier alpha value is -4.49. The van der Waals surface area contributed by atoms with E-state index in [0.717, 1.165) is 16.5 Å². The van der Waals surface area contributed by atoms with Gasteiger partial charge in [-0.2, -0.15) is 8.42 Å². The number of nitrogens with zero attached hydrogens (tertiary/aromatic N) is 3. The van der Waals surface area contributed by atoms with Crippen LogP contribution in [0.5, 0.6) is 5.75 Å². The number of benzene rings is 3. The van der Waals surface area contributed by atoms with E-state index in [2.05, 4.69) is 0 Å². The third kappa shape index (κ3) is 6.00. The molecule has 3 amide bonds. The summed E-state index contributed by atoms with van der Waals surface area (Å²) in [4.78, 5) is 51.2. The molecule has 0 aromatic heterocycles. The summed E-state index contributed by atoms with van der Waals surface area (Å²) in [7, 11) is -4.35. The van der Waals surface area contributed by atoms with Gasteiger partial charge in [0.05, 0.1) is 9.83 Å². The van der Waals surface area contributed by atoms with Crippen molar-refractivity contribution in [1.29, 1.82) is 0 Å². The van der Waals surface area contributed by atoms with Gasteiger partial charge in [0.15, 0.2) is 0 Å². The van der Waals surface area contributed by atoms with Crippen molar-refractivity contribution in [3.8, 4) is 5.75 Å². The molecular formula is C28H23N3O8S2. The molecule has 0 bridgehead atoms. The van der Waals surface area contributed by atoms with Crippen molar-refractivity contribution in [1.82, 2.24) is 9.80 Å². The van der Waals surface area contributed by atoms with Gasteiger partial charge < -0.3 is 9.08 Å². The van der Waals surface area contributed by atoms with Crippen LogP contribution in [0.3, 0.4) is 0 Å². The Balaban J connectivity index is 1.24. The average molecular weight is 594 g/mol. The molecule has 1 saturated heterocycles. The Morgan fingerprint density at radius 1 is 1.07 bits per heavy atom. The van der Waals surface area contributed by atoms with Gasteiger partial charge in [-0.25, -0.2) is 0 Å². The molecule has 1 fully saturated rings. The topological polar surface area (TPSA) is 144 Å². The molecule has 5 rings (SSSR count). The molecule has 0 spiro atoms. The number of hydrogen-bond donors (Lipinski definition) is 0. The van der Waals surface area contributed by atoms with E-state index in [1.807, 2.05) is 24.3 Å². The van der Waals surface area contributed by atoms with Gasteiger partial charge in [-0.3, -0.25) is 29.4 Å². The van der Waals surface area contributed by atoms with E-state index < -0.39 is 26.2 Å². The molecule has 2 heterocycles. The van der Waals surface area contributed by atoms with Crippen molar-refractivity contribution in [2.45, 2.75) is 24.8 Å². The van der Waals surface area contributed by atoms with E-state index in [4.69, 9.17) is 4.18 Å². The monoisotopic (exact) mass is 593 g/mol. The zero-order valence-corrected chi connectivity index (χ0v) is 23.3. The van der Waals surface area contributed by atoms with E-state index in [1.54, 1.807) is 4.90 Å². The summed E-state index contributed by atoms with van der Waals surface area (Å²) in [5.74, 6) is -0.952. The molecule has 41 heavy (non-hydrogen) atoms. The molecule has 2 aliphatic heterocycles. The predicted molar refractivity (Wildman–Crippen MR) is 150 cm³/mol. The highest BCUT2D eigenvalue weighted by Gasteiger charge is 2.37.